The highest BCUT2D eigenvalue weighted by Crippen LogP contribution is 2.40. The van der Waals surface area contributed by atoms with Gasteiger partial charge in [-0.1, -0.05) is 6.07 Å². The van der Waals surface area contributed by atoms with E-state index in [9.17, 15) is 9.90 Å². The fourth-order valence-electron chi connectivity index (χ4n) is 2.30. The lowest BCUT2D eigenvalue weighted by atomic mass is 9.95. The highest BCUT2D eigenvalue weighted by Gasteiger charge is 2.48. The van der Waals surface area contributed by atoms with Crippen LogP contribution in [0.2, 0.25) is 0 Å². The molecular weight excluding hydrogens is 296 g/mol. The number of phenols is 1. The topological polar surface area (TPSA) is 80.5 Å². The van der Waals surface area contributed by atoms with Crippen LogP contribution < -0.4 is 9.75 Å². The lowest BCUT2D eigenvalue weighted by Crippen LogP contribution is -2.61. The Morgan fingerprint density at radius 3 is 2.76 bits per heavy atom. The van der Waals surface area contributed by atoms with Crippen LogP contribution in [0.1, 0.15) is 18.5 Å². The number of β-lactam (4-membered cyclic amide) rings is 1. The molecule has 7 nitrogen and oxygen atoms in total. The van der Waals surface area contributed by atoms with Crippen LogP contribution in [0.15, 0.2) is 30.9 Å². The zero-order valence-electron chi connectivity index (χ0n) is 11.2. The number of hydrogen-bond acceptors (Lipinski definition) is 5. The van der Waals surface area contributed by atoms with Crippen molar-refractivity contribution in [2.24, 2.45) is 0 Å². The minimum atomic E-state index is -0.675. The predicted molar refractivity (Wildman–Crippen MR) is 74.9 cm³/mol. The molecule has 110 valence electrons. The van der Waals surface area contributed by atoms with Crippen LogP contribution in [0.4, 0.5) is 0 Å². The van der Waals surface area contributed by atoms with Crippen molar-refractivity contribution in [3.05, 3.63) is 36.4 Å². The molecule has 1 saturated heterocycles. The third kappa shape index (κ3) is 2.19. The molecule has 0 bridgehead atoms. The van der Waals surface area contributed by atoms with Gasteiger partial charge < -0.3 is 9.84 Å². The first-order valence-corrected chi connectivity index (χ1v) is 6.85. The van der Waals surface area contributed by atoms with E-state index in [-0.39, 0.29) is 17.7 Å². The van der Waals surface area contributed by atoms with Crippen LogP contribution in [-0.4, -0.2) is 37.9 Å². The summed E-state index contributed by atoms with van der Waals surface area (Å²) in [6.07, 6.45) is 2.86. The van der Waals surface area contributed by atoms with Gasteiger partial charge in [-0.3, -0.25) is 4.79 Å². The normalized spacial score (nSPS) is 21.2. The Kier molecular flexibility index (Phi) is 3.42. The molecule has 1 aliphatic heterocycles. The molecule has 3 rings (SSSR count). The van der Waals surface area contributed by atoms with Crippen molar-refractivity contribution in [3.8, 4) is 11.5 Å². The highest BCUT2D eigenvalue weighted by molar-refractivity contribution is 6.36. The molecule has 1 fully saturated rings. The van der Waals surface area contributed by atoms with Gasteiger partial charge in [0.15, 0.2) is 11.5 Å². The maximum atomic E-state index is 12.0. The van der Waals surface area contributed by atoms with Gasteiger partial charge in [-0.15, -0.1) is 21.8 Å². The summed E-state index contributed by atoms with van der Waals surface area (Å²) in [6.45, 7) is 2.26. The lowest BCUT2D eigenvalue weighted by molar-refractivity contribution is -0.126. The van der Waals surface area contributed by atoms with E-state index in [1.807, 2.05) is 6.92 Å². The first kappa shape index (κ1) is 13.7. The van der Waals surface area contributed by atoms with Crippen LogP contribution in [0.5, 0.6) is 11.5 Å². The second kappa shape index (κ2) is 5.25. The number of carbonyl (C=O) groups excluding carboxylic acids is 1. The number of amides is 1. The largest absolute Gasteiger partial charge is 0.504 e. The highest BCUT2D eigenvalue weighted by atomic mass is 35.5. The van der Waals surface area contributed by atoms with Crippen molar-refractivity contribution in [2.45, 2.75) is 18.3 Å². The number of rotatable bonds is 4. The average Bonchev–Trinajstić information content (AvgIpc) is 3.00. The fourth-order valence-corrected chi connectivity index (χ4v) is 2.65. The molecule has 1 N–H and O–H groups in total. The maximum absolute atomic E-state index is 12.0. The Morgan fingerprint density at radius 1 is 1.38 bits per heavy atom. The number of halogens is 1. The van der Waals surface area contributed by atoms with E-state index in [4.69, 9.17) is 16.3 Å². The quantitative estimate of drug-likeness (QED) is 0.678. The van der Waals surface area contributed by atoms with E-state index in [2.05, 4.69) is 10.2 Å². The lowest BCUT2D eigenvalue weighted by Gasteiger charge is -2.43. The molecular formula is C13H13ClN4O3. The molecule has 2 unspecified atom stereocenters. The van der Waals surface area contributed by atoms with Gasteiger partial charge in [0.05, 0.1) is 6.61 Å². The summed E-state index contributed by atoms with van der Waals surface area (Å²) in [5, 5.41) is 17.9. The number of carbonyl (C=O) groups is 1. The summed E-state index contributed by atoms with van der Waals surface area (Å²) >= 11 is 6.13. The average molecular weight is 309 g/mol. The first-order chi connectivity index (χ1) is 10.1. The number of aromatic nitrogens is 3. The van der Waals surface area contributed by atoms with Crippen LogP contribution >= 0.6 is 11.6 Å². The van der Waals surface area contributed by atoms with Crippen molar-refractivity contribution in [1.29, 1.82) is 0 Å². The predicted octanol–water partition coefficient (Wildman–Crippen LogP) is 1.21. The molecule has 1 aliphatic rings. The Morgan fingerprint density at radius 2 is 2.10 bits per heavy atom. The van der Waals surface area contributed by atoms with Crippen molar-refractivity contribution >= 4 is 17.5 Å². The monoisotopic (exact) mass is 308 g/mol. The number of nitrogens with zero attached hydrogens (tertiary/aromatic N) is 4. The van der Waals surface area contributed by atoms with E-state index in [0.29, 0.717) is 12.4 Å². The van der Waals surface area contributed by atoms with Crippen molar-refractivity contribution < 1.29 is 14.6 Å². The summed E-state index contributed by atoms with van der Waals surface area (Å²) in [5.74, 6) is 0.183. The summed E-state index contributed by atoms with van der Waals surface area (Å²) in [4.78, 5) is 12.0. The maximum Gasteiger partial charge on any atom is 0.262 e. The van der Waals surface area contributed by atoms with Crippen molar-refractivity contribution in [3.63, 3.8) is 0 Å². The third-order valence-corrected chi connectivity index (χ3v) is 3.71. The smallest absolute Gasteiger partial charge is 0.262 e. The molecule has 0 saturated carbocycles. The summed E-state index contributed by atoms with van der Waals surface area (Å²) in [7, 11) is 0. The molecule has 1 amide bonds. The summed E-state index contributed by atoms with van der Waals surface area (Å²) in [6, 6.07) is 4.55. The molecule has 8 heteroatoms. The van der Waals surface area contributed by atoms with Crippen molar-refractivity contribution in [1.82, 2.24) is 14.9 Å². The van der Waals surface area contributed by atoms with Gasteiger partial charge in [0.2, 0.25) is 0 Å². The van der Waals surface area contributed by atoms with E-state index < -0.39 is 5.38 Å². The Balaban J connectivity index is 1.95. The van der Waals surface area contributed by atoms with Gasteiger partial charge in [-0.2, -0.15) is 0 Å². The number of aromatic hydroxyl groups is 1. The molecule has 1 aromatic carbocycles. The van der Waals surface area contributed by atoms with Crippen molar-refractivity contribution in [2.75, 3.05) is 11.6 Å². The van der Waals surface area contributed by atoms with Crippen LogP contribution in [-0.2, 0) is 4.79 Å². The van der Waals surface area contributed by atoms with E-state index in [1.54, 1.807) is 12.1 Å². The van der Waals surface area contributed by atoms with Crippen LogP contribution in [0.25, 0.3) is 0 Å². The number of hydrogen-bond donors (Lipinski definition) is 1. The number of benzene rings is 1. The van der Waals surface area contributed by atoms with E-state index in [0.717, 1.165) is 5.56 Å². The number of alkyl halides is 1. The summed E-state index contributed by atoms with van der Waals surface area (Å²) < 4.78 is 6.84. The van der Waals surface area contributed by atoms with Gasteiger partial charge in [0.1, 0.15) is 24.1 Å². The molecule has 21 heavy (non-hydrogen) atoms. The van der Waals surface area contributed by atoms with Gasteiger partial charge >= 0.3 is 0 Å². The first-order valence-electron chi connectivity index (χ1n) is 6.41. The zero-order chi connectivity index (χ0) is 15.0. The molecule has 2 atom stereocenters. The molecule has 0 radical (unpaired) electrons. The fraction of sp³-hybridized carbons (Fsp3) is 0.308. The molecule has 1 aromatic heterocycles. The standard InChI is InChI=1S/C13H13ClN4O3/c1-2-21-10-5-8(3-4-9(10)19)12-11(14)13(20)18(12)17-6-15-16-7-17/h3-7,11-12,19H,2H2,1H3. The SMILES string of the molecule is CCOc1cc(C2C(Cl)C(=O)N2n2cnnc2)ccc1O. The van der Waals surface area contributed by atoms with E-state index >= 15 is 0 Å². The minimum Gasteiger partial charge on any atom is -0.504 e. The summed E-state index contributed by atoms with van der Waals surface area (Å²) in [5.41, 5.74) is 0.768. The van der Waals surface area contributed by atoms with Gasteiger partial charge in [-0.05, 0) is 24.6 Å². The molecule has 2 aromatic rings. The van der Waals surface area contributed by atoms with Gasteiger partial charge in [0.25, 0.3) is 5.91 Å². The molecule has 0 aliphatic carbocycles. The third-order valence-electron chi connectivity index (χ3n) is 3.28. The number of ether oxygens (including phenoxy) is 1. The van der Waals surface area contributed by atoms with Crippen LogP contribution in [0, 0.1) is 0 Å². The van der Waals surface area contributed by atoms with E-state index in [1.165, 1.54) is 28.4 Å². The Hall–Kier alpha value is -2.28. The van der Waals surface area contributed by atoms with Gasteiger partial charge in [0, 0.05) is 0 Å². The Bertz CT molecular complexity index is 661. The van der Waals surface area contributed by atoms with Gasteiger partial charge in [-0.25, -0.2) is 9.69 Å². The zero-order valence-corrected chi connectivity index (χ0v) is 11.9. The number of phenolic OH excluding ortho intramolecular Hbond substituents is 1. The second-order valence-corrected chi connectivity index (χ2v) is 5.00. The molecule has 2 heterocycles. The Labute approximate surface area is 125 Å². The second-order valence-electron chi connectivity index (χ2n) is 4.53. The minimum absolute atomic E-state index is 0.0493. The van der Waals surface area contributed by atoms with Crippen LogP contribution in [0.3, 0.4) is 0 Å². The molecule has 0 spiro atoms.